The molecular weight excluding hydrogens is 304 g/mol. The van der Waals surface area contributed by atoms with Gasteiger partial charge in [0.15, 0.2) is 6.10 Å². The van der Waals surface area contributed by atoms with Gasteiger partial charge in [0.05, 0.1) is 0 Å². The maximum absolute atomic E-state index is 12.2. The molecule has 5 nitrogen and oxygen atoms in total. The summed E-state index contributed by atoms with van der Waals surface area (Å²) < 4.78 is 5.75. The molecule has 0 bridgehead atoms. The molecule has 0 aliphatic heterocycles. The summed E-state index contributed by atoms with van der Waals surface area (Å²) in [6, 6.07) is 14.6. The number of benzene rings is 2. The van der Waals surface area contributed by atoms with Crippen molar-refractivity contribution in [1.82, 2.24) is 10.9 Å². The van der Waals surface area contributed by atoms with Crippen LogP contribution in [0.25, 0.3) is 0 Å². The van der Waals surface area contributed by atoms with Crippen LogP contribution in [0.15, 0.2) is 48.5 Å². The van der Waals surface area contributed by atoms with Crippen LogP contribution in [0.3, 0.4) is 0 Å². The number of hydrogen-bond donors (Lipinski definition) is 2. The Morgan fingerprint density at radius 1 is 1.04 bits per heavy atom. The maximum atomic E-state index is 12.2. The van der Waals surface area contributed by atoms with E-state index in [9.17, 15) is 9.59 Å². The molecule has 5 heteroatoms. The molecule has 2 aromatic rings. The summed E-state index contributed by atoms with van der Waals surface area (Å²) in [6.45, 7) is 5.67. The van der Waals surface area contributed by atoms with Gasteiger partial charge in [-0.15, -0.1) is 0 Å². The van der Waals surface area contributed by atoms with E-state index in [-0.39, 0.29) is 11.8 Å². The molecule has 0 aliphatic carbocycles. The highest BCUT2D eigenvalue weighted by molar-refractivity contribution is 5.95. The largest absolute Gasteiger partial charge is 0.480 e. The number of rotatable bonds is 5. The summed E-state index contributed by atoms with van der Waals surface area (Å²) in [5, 5.41) is 0. The van der Waals surface area contributed by atoms with Gasteiger partial charge >= 0.3 is 0 Å². The molecule has 0 aromatic heterocycles. The number of hydrazine groups is 1. The molecule has 0 saturated carbocycles. The summed E-state index contributed by atoms with van der Waals surface area (Å²) in [4.78, 5) is 24.3. The molecule has 0 aliphatic rings. The Kier molecular flexibility index (Phi) is 5.95. The normalized spacial score (nSPS) is 11.5. The first-order valence-corrected chi connectivity index (χ1v) is 7.90. The minimum atomic E-state index is -0.677. The summed E-state index contributed by atoms with van der Waals surface area (Å²) in [5.41, 5.74) is 7.27. The molecule has 2 N–H and O–H groups in total. The first kappa shape index (κ1) is 17.5. The quantitative estimate of drug-likeness (QED) is 0.830. The highest BCUT2D eigenvalue weighted by Crippen LogP contribution is 2.18. The minimum Gasteiger partial charge on any atom is -0.480 e. The number of hydrogen-bond acceptors (Lipinski definition) is 3. The van der Waals surface area contributed by atoms with Crippen molar-refractivity contribution in [2.75, 3.05) is 0 Å². The first-order valence-electron chi connectivity index (χ1n) is 7.90. The van der Waals surface area contributed by atoms with Crippen molar-refractivity contribution in [2.24, 2.45) is 0 Å². The highest BCUT2D eigenvalue weighted by Gasteiger charge is 2.19. The lowest BCUT2D eigenvalue weighted by Gasteiger charge is -2.18. The minimum absolute atomic E-state index is 0.363. The third-order valence-corrected chi connectivity index (χ3v) is 3.61. The van der Waals surface area contributed by atoms with Crippen molar-refractivity contribution in [1.29, 1.82) is 0 Å². The lowest BCUT2D eigenvalue weighted by molar-refractivity contribution is -0.128. The second kappa shape index (κ2) is 8.15. The predicted octanol–water partition coefficient (Wildman–Crippen LogP) is 2.92. The average Bonchev–Trinajstić information content (AvgIpc) is 2.58. The van der Waals surface area contributed by atoms with Crippen molar-refractivity contribution >= 4 is 11.8 Å². The van der Waals surface area contributed by atoms with Gasteiger partial charge in [-0.1, -0.05) is 42.8 Å². The Morgan fingerprint density at radius 3 is 2.46 bits per heavy atom. The zero-order chi connectivity index (χ0) is 17.5. The Balaban J connectivity index is 1.95. The van der Waals surface area contributed by atoms with Gasteiger partial charge in [0.25, 0.3) is 11.8 Å². The lowest BCUT2D eigenvalue weighted by atomic mass is 10.1. The molecule has 0 radical (unpaired) electrons. The van der Waals surface area contributed by atoms with Gasteiger partial charge in [0, 0.05) is 5.56 Å². The Morgan fingerprint density at radius 2 is 1.79 bits per heavy atom. The Hall–Kier alpha value is -2.82. The standard InChI is InChI=1S/C19H22N2O3/c1-4-16(24-17-11-6-5-9-14(17)3)19(23)21-20-18(22)15-10-7-8-13(2)12-15/h5-12,16H,4H2,1-3H3,(H,20,22)(H,21,23). The first-order chi connectivity index (χ1) is 11.5. The SMILES string of the molecule is CCC(Oc1ccccc1C)C(=O)NNC(=O)c1cccc(C)c1. The van der Waals surface area contributed by atoms with Crippen molar-refractivity contribution in [2.45, 2.75) is 33.3 Å². The second-order valence-corrected chi connectivity index (χ2v) is 5.59. The smallest absolute Gasteiger partial charge is 0.279 e. The van der Waals surface area contributed by atoms with Crippen molar-refractivity contribution < 1.29 is 14.3 Å². The molecule has 24 heavy (non-hydrogen) atoms. The van der Waals surface area contributed by atoms with Gasteiger partial charge in [0.2, 0.25) is 0 Å². The molecule has 2 aromatic carbocycles. The number of carbonyl (C=O) groups excluding carboxylic acids is 2. The topological polar surface area (TPSA) is 67.4 Å². The van der Waals surface area contributed by atoms with Gasteiger partial charge in [-0.05, 0) is 44.0 Å². The number of para-hydroxylation sites is 1. The van der Waals surface area contributed by atoms with Gasteiger partial charge in [-0.2, -0.15) is 0 Å². The van der Waals surface area contributed by atoms with E-state index in [1.165, 1.54) is 0 Å². The fourth-order valence-corrected chi connectivity index (χ4v) is 2.22. The fraction of sp³-hybridized carbons (Fsp3) is 0.263. The Bertz CT molecular complexity index is 728. The van der Waals surface area contributed by atoms with Crippen molar-refractivity contribution in [3.05, 3.63) is 65.2 Å². The zero-order valence-electron chi connectivity index (χ0n) is 14.1. The molecule has 2 rings (SSSR count). The van der Waals surface area contributed by atoms with Crippen molar-refractivity contribution in [3.8, 4) is 5.75 Å². The van der Waals surface area contributed by atoms with Crippen LogP contribution in [0.5, 0.6) is 5.75 Å². The van der Waals surface area contributed by atoms with E-state index in [1.807, 2.05) is 51.1 Å². The van der Waals surface area contributed by atoms with Gasteiger partial charge in [-0.25, -0.2) is 0 Å². The molecule has 126 valence electrons. The molecule has 2 amide bonds. The van der Waals surface area contributed by atoms with Crippen LogP contribution in [0.2, 0.25) is 0 Å². The van der Waals surface area contributed by atoms with Crippen LogP contribution in [0, 0.1) is 13.8 Å². The third-order valence-electron chi connectivity index (χ3n) is 3.61. The number of ether oxygens (including phenoxy) is 1. The summed E-state index contributed by atoms with van der Waals surface area (Å²) >= 11 is 0. The molecule has 0 saturated heterocycles. The van der Waals surface area contributed by atoms with E-state index < -0.39 is 6.10 Å². The molecule has 1 unspecified atom stereocenters. The van der Waals surface area contributed by atoms with Crippen LogP contribution < -0.4 is 15.6 Å². The monoisotopic (exact) mass is 326 g/mol. The highest BCUT2D eigenvalue weighted by atomic mass is 16.5. The van der Waals surface area contributed by atoms with Gasteiger partial charge in [-0.3, -0.25) is 20.4 Å². The van der Waals surface area contributed by atoms with E-state index in [0.29, 0.717) is 17.7 Å². The van der Waals surface area contributed by atoms with Crippen LogP contribution in [0.4, 0.5) is 0 Å². The van der Waals surface area contributed by atoms with E-state index in [2.05, 4.69) is 10.9 Å². The molecular formula is C19H22N2O3. The van der Waals surface area contributed by atoms with Gasteiger partial charge < -0.3 is 4.74 Å². The summed E-state index contributed by atoms with van der Waals surface area (Å²) in [5.74, 6) is -0.0935. The fourth-order valence-electron chi connectivity index (χ4n) is 2.22. The van der Waals surface area contributed by atoms with E-state index >= 15 is 0 Å². The number of nitrogens with one attached hydrogen (secondary N) is 2. The van der Waals surface area contributed by atoms with Crippen LogP contribution in [-0.4, -0.2) is 17.9 Å². The zero-order valence-corrected chi connectivity index (χ0v) is 14.1. The van der Waals surface area contributed by atoms with Crippen LogP contribution >= 0.6 is 0 Å². The summed E-state index contributed by atoms with van der Waals surface area (Å²) in [6.07, 6.45) is -0.190. The maximum Gasteiger partial charge on any atom is 0.279 e. The van der Waals surface area contributed by atoms with E-state index in [0.717, 1.165) is 11.1 Å². The lowest BCUT2D eigenvalue weighted by Crippen LogP contribution is -2.48. The second-order valence-electron chi connectivity index (χ2n) is 5.59. The molecule has 0 fully saturated rings. The Labute approximate surface area is 142 Å². The van der Waals surface area contributed by atoms with Crippen LogP contribution in [0.1, 0.15) is 34.8 Å². The molecule has 0 heterocycles. The number of aryl methyl sites for hydroxylation is 2. The van der Waals surface area contributed by atoms with Crippen molar-refractivity contribution in [3.63, 3.8) is 0 Å². The molecule has 1 atom stereocenters. The molecule has 0 spiro atoms. The summed E-state index contributed by atoms with van der Waals surface area (Å²) in [7, 11) is 0. The average molecular weight is 326 g/mol. The third kappa shape index (κ3) is 4.59. The van der Waals surface area contributed by atoms with Gasteiger partial charge in [0.1, 0.15) is 5.75 Å². The van der Waals surface area contributed by atoms with E-state index in [4.69, 9.17) is 4.74 Å². The number of carbonyl (C=O) groups is 2. The van der Waals surface area contributed by atoms with Crippen LogP contribution in [-0.2, 0) is 4.79 Å². The predicted molar refractivity (Wildman–Crippen MR) is 92.7 cm³/mol. The van der Waals surface area contributed by atoms with E-state index in [1.54, 1.807) is 18.2 Å². The number of amides is 2.